The van der Waals surface area contributed by atoms with Crippen LogP contribution in [0.3, 0.4) is 0 Å². The molecule has 90 valence electrons. The fraction of sp³-hybridized carbons (Fsp3) is 0.308. The second-order valence-corrected chi connectivity index (χ2v) is 3.93. The third-order valence-corrected chi connectivity index (χ3v) is 2.63. The van der Waals surface area contributed by atoms with Crippen LogP contribution in [-0.2, 0) is 16.0 Å². The molecule has 0 spiro atoms. The Bertz CT molecular complexity index is 505. The summed E-state index contributed by atoms with van der Waals surface area (Å²) in [6.45, 7) is 0.759. The molecule has 0 saturated carbocycles. The summed E-state index contributed by atoms with van der Waals surface area (Å²) in [6, 6.07) is 8.31. The first-order valence-electron chi connectivity index (χ1n) is 5.61. The number of methoxy groups -OCH3 is 1. The van der Waals surface area contributed by atoms with E-state index in [9.17, 15) is 4.79 Å². The summed E-state index contributed by atoms with van der Waals surface area (Å²) in [5.41, 5.74) is 2.35. The van der Waals surface area contributed by atoms with Crippen molar-refractivity contribution in [3.8, 4) is 0 Å². The molecule has 0 saturated heterocycles. The number of benzene rings is 1. The highest BCUT2D eigenvalue weighted by molar-refractivity contribution is 5.80. The molecule has 0 fully saturated rings. The van der Waals surface area contributed by atoms with Gasteiger partial charge in [0.2, 0.25) is 5.91 Å². The van der Waals surface area contributed by atoms with Crippen molar-refractivity contribution in [1.29, 1.82) is 0 Å². The lowest BCUT2D eigenvalue weighted by Gasteiger charge is -2.04. The molecule has 0 aliphatic carbocycles. The van der Waals surface area contributed by atoms with Gasteiger partial charge in [-0.2, -0.15) is 0 Å². The van der Waals surface area contributed by atoms with Gasteiger partial charge in [0.25, 0.3) is 0 Å². The van der Waals surface area contributed by atoms with Gasteiger partial charge in [-0.25, -0.2) is 0 Å². The normalized spacial score (nSPS) is 10.6. The molecule has 1 amide bonds. The van der Waals surface area contributed by atoms with Crippen molar-refractivity contribution < 1.29 is 9.53 Å². The van der Waals surface area contributed by atoms with Crippen molar-refractivity contribution >= 4 is 16.8 Å². The maximum atomic E-state index is 11.2. The lowest BCUT2D eigenvalue weighted by atomic mass is 10.1. The lowest BCUT2D eigenvalue weighted by molar-refractivity contribution is -0.124. The van der Waals surface area contributed by atoms with Gasteiger partial charge in [0.05, 0.1) is 0 Å². The third-order valence-electron chi connectivity index (χ3n) is 2.63. The van der Waals surface area contributed by atoms with E-state index in [1.807, 2.05) is 12.3 Å². The maximum Gasteiger partial charge on any atom is 0.245 e. The molecule has 0 unspecified atom stereocenters. The molecule has 2 N–H and O–H groups in total. The predicted molar refractivity (Wildman–Crippen MR) is 66.9 cm³/mol. The topological polar surface area (TPSA) is 54.1 Å². The van der Waals surface area contributed by atoms with Gasteiger partial charge < -0.3 is 15.0 Å². The molecule has 4 nitrogen and oxygen atoms in total. The van der Waals surface area contributed by atoms with Gasteiger partial charge in [0, 0.05) is 25.4 Å². The summed E-state index contributed by atoms with van der Waals surface area (Å²) in [5.74, 6) is -0.0739. The van der Waals surface area contributed by atoms with Crippen molar-refractivity contribution in [3.05, 3.63) is 36.0 Å². The van der Waals surface area contributed by atoms with Crippen LogP contribution in [0.1, 0.15) is 5.56 Å². The van der Waals surface area contributed by atoms with E-state index >= 15 is 0 Å². The zero-order chi connectivity index (χ0) is 12.1. The highest BCUT2D eigenvalue weighted by Crippen LogP contribution is 2.14. The van der Waals surface area contributed by atoms with Crippen LogP contribution in [0.4, 0.5) is 0 Å². The summed E-state index contributed by atoms with van der Waals surface area (Å²) < 4.78 is 4.74. The number of carbonyl (C=O) groups is 1. The number of amides is 1. The molecule has 0 radical (unpaired) electrons. The Labute approximate surface area is 100.0 Å². The molecule has 1 aromatic carbocycles. The van der Waals surface area contributed by atoms with Crippen LogP contribution in [0.5, 0.6) is 0 Å². The van der Waals surface area contributed by atoms with Gasteiger partial charge in [-0.1, -0.05) is 6.07 Å². The molecule has 1 heterocycles. The molecule has 2 rings (SSSR count). The van der Waals surface area contributed by atoms with E-state index in [0.29, 0.717) is 6.54 Å². The van der Waals surface area contributed by atoms with Crippen LogP contribution in [0, 0.1) is 0 Å². The lowest BCUT2D eigenvalue weighted by Crippen LogP contribution is -2.28. The SMILES string of the molecule is COCC(=O)NCCc1ccc2[nH]ccc2c1. The number of nitrogens with one attached hydrogen (secondary N) is 2. The number of aromatic amines is 1. The number of hydrogen-bond donors (Lipinski definition) is 2. The van der Waals surface area contributed by atoms with E-state index < -0.39 is 0 Å². The molecular formula is C13H16N2O2. The first-order valence-corrected chi connectivity index (χ1v) is 5.61. The van der Waals surface area contributed by atoms with Gasteiger partial charge in [0.1, 0.15) is 6.61 Å². The molecule has 4 heteroatoms. The minimum absolute atomic E-state index is 0.0739. The highest BCUT2D eigenvalue weighted by Gasteiger charge is 2.00. The van der Waals surface area contributed by atoms with Crippen LogP contribution >= 0.6 is 0 Å². The van der Waals surface area contributed by atoms with Gasteiger partial charge in [-0.3, -0.25) is 4.79 Å². The average molecular weight is 232 g/mol. The monoisotopic (exact) mass is 232 g/mol. The van der Waals surface area contributed by atoms with E-state index in [2.05, 4.69) is 28.5 Å². The molecule has 1 aromatic heterocycles. The minimum Gasteiger partial charge on any atom is -0.375 e. The fourth-order valence-electron chi connectivity index (χ4n) is 1.79. The molecular weight excluding hydrogens is 216 g/mol. The van der Waals surface area contributed by atoms with Crippen molar-refractivity contribution in [2.45, 2.75) is 6.42 Å². The van der Waals surface area contributed by atoms with Crippen LogP contribution in [-0.4, -0.2) is 31.2 Å². The van der Waals surface area contributed by atoms with Crippen LogP contribution < -0.4 is 5.32 Å². The Hall–Kier alpha value is -1.81. The van der Waals surface area contributed by atoms with E-state index in [-0.39, 0.29) is 12.5 Å². The molecule has 0 aliphatic rings. The number of H-pyrrole nitrogens is 1. The Morgan fingerprint density at radius 3 is 3.12 bits per heavy atom. The van der Waals surface area contributed by atoms with Crippen molar-refractivity contribution in [2.75, 3.05) is 20.3 Å². The number of hydrogen-bond acceptors (Lipinski definition) is 2. The van der Waals surface area contributed by atoms with E-state index in [0.717, 1.165) is 11.9 Å². The average Bonchev–Trinajstić information content (AvgIpc) is 2.76. The molecule has 0 atom stereocenters. The molecule has 0 aliphatic heterocycles. The van der Waals surface area contributed by atoms with Crippen LogP contribution in [0.2, 0.25) is 0 Å². The van der Waals surface area contributed by atoms with Gasteiger partial charge in [-0.05, 0) is 35.6 Å². The minimum atomic E-state index is -0.0739. The zero-order valence-electron chi connectivity index (χ0n) is 9.82. The van der Waals surface area contributed by atoms with Gasteiger partial charge >= 0.3 is 0 Å². The van der Waals surface area contributed by atoms with Crippen molar-refractivity contribution in [3.63, 3.8) is 0 Å². The maximum absolute atomic E-state index is 11.2. The Balaban J connectivity index is 1.88. The second-order valence-electron chi connectivity index (χ2n) is 3.93. The largest absolute Gasteiger partial charge is 0.375 e. The summed E-state index contributed by atoms with van der Waals surface area (Å²) in [6.07, 6.45) is 2.76. The zero-order valence-corrected chi connectivity index (χ0v) is 9.82. The van der Waals surface area contributed by atoms with E-state index in [4.69, 9.17) is 4.74 Å². The Morgan fingerprint density at radius 2 is 2.29 bits per heavy atom. The third kappa shape index (κ3) is 3.07. The smallest absolute Gasteiger partial charge is 0.245 e. The fourth-order valence-corrected chi connectivity index (χ4v) is 1.79. The second kappa shape index (κ2) is 5.50. The van der Waals surface area contributed by atoms with E-state index in [1.54, 1.807) is 0 Å². The number of fused-ring (bicyclic) bond motifs is 1. The van der Waals surface area contributed by atoms with Crippen molar-refractivity contribution in [1.82, 2.24) is 10.3 Å². The van der Waals surface area contributed by atoms with Crippen LogP contribution in [0.15, 0.2) is 30.5 Å². The van der Waals surface area contributed by atoms with Crippen LogP contribution in [0.25, 0.3) is 10.9 Å². The first kappa shape index (κ1) is 11.7. The van der Waals surface area contributed by atoms with E-state index in [1.165, 1.54) is 18.1 Å². The van der Waals surface area contributed by atoms with Gasteiger partial charge in [-0.15, -0.1) is 0 Å². The molecule has 2 aromatic rings. The summed E-state index contributed by atoms with van der Waals surface area (Å²) >= 11 is 0. The standard InChI is InChI=1S/C13H16N2O2/c1-17-9-13(16)15-6-4-10-2-3-12-11(8-10)5-7-14-12/h2-3,5,7-8,14H,4,6,9H2,1H3,(H,15,16). The predicted octanol–water partition coefficient (Wildman–Crippen LogP) is 1.47. The number of carbonyl (C=O) groups excluding carboxylic acids is 1. The Morgan fingerprint density at radius 1 is 1.41 bits per heavy atom. The summed E-state index contributed by atoms with van der Waals surface area (Å²) in [7, 11) is 1.51. The number of rotatable bonds is 5. The summed E-state index contributed by atoms with van der Waals surface area (Å²) in [5, 5.41) is 4.00. The molecule has 17 heavy (non-hydrogen) atoms. The molecule has 0 bridgehead atoms. The van der Waals surface area contributed by atoms with Crippen molar-refractivity contribution in [2.24, 2.45) is 0 Å². The first-order chi connectivity index (χ1) is 8.29. The highest BCUT2D eigenvalue weighted by atomic mass is 16.5. The van der Waals surface area contributed by atoms with Gasteiger partial charge in [0.15, 0.2) is 0 Å². The number of ether oxygens (including phenoxy) is 1. The number of aromatic nitrogens is 1. The Kier molecular flexibility index (Phi) is 3.77. The summed E-state index contributed by atoms with van der Waals surface area (Å²) in [4.78, 5) is 14.3. The quantitative estimate of drug-likeness (QED) is 0.820.